The van der Waals surface area contributed by atoms with Crippen molar-refractivity contribution in [1.82, 2.24) is 15.5 Å². The molecule has 27 heavy (non-hydrogen) atoms. The number of halogens is 1. The molecule has 2 rings (SSSR count). The number of nitrogens with one attached hydrogen (secondary N) is 2. The van der Waals surface area contributed by atoms with Crippen LogP contribution in [0, 0.1) is 6.92 Å². The van der Waals surface area contributed by atoms with Crippen LogP contribution in [0.1, 0.15) is 36.8 Å². The third-order valence-electron chi connectivity index (χ3n) is 4.71. The smallest absolute Gasteiger partial charge is 0.191 e. The molecule has 1 fully saturated rings. The number of guanidine groups is 1. The van der Waals surface area contributed by atoms with Crippen LogP contribution in [0.5, 0.6) is 0 Å². The molecule has 1 heterocycles. The van der Waals surface area contributed by atoms with Gasteiger partial charge in [0, 0.05) is 26.4 Å². The van der Waals surface area contributed by atoms with Crippen molar-refractivity contribution in [3.63, 3.8) is 0 Å². The van der Waals surface area contributed by atoms with Gasteiger partial charge in [-0.3, -0.25) is 4.99 Å². The van der Waals surface area contributed by atoms with Gasteiger partial charge in [0.2, 0.25) is 0 Å². The highest BCUT2D eigenvalue weighted by Gasteiger charge is 2.11. The minimum absolute atomic E-state index is 0. The van der Waals surface area contributed by atoms with Gasteiger partial charge in [-0.1, -0.05) is 12.1 Å². The molecule has 6 nitrogen and oxygen atoms in total. The van der Waals surface area contributed by atoms with Crippen molar-refractivity contribution in [2.75, 3.05) is 39.5 Å². The number of aliphatic imine (C=N–C) groups is 1. The Labute approximate surface area is 181 Å². The van der Waals surface area contributed by atoms with E-state index in [9.17, 15) is 8.42 Å². The number of hydrogen-bond donors (Lipinski definition) is 2. The van der Waals surface area contributed by atoms with Crippen LogP contribution in [-0.4, -0.2) is 58.8 Å². The zero-order chi connectivity index (χ0) is 19.0. The normalized spacial score (nSPS) is 15.4. The molecule has 0 saturated carbocycles. The van der Waals surface area contributed by atoms with E-state index in [0.29, 0.717) is 11.4 Å². The summed E-state index contributed by atoms with van der Waals surface area (Å²) in [6.07, 6.45) is 6.26. The lowest BCUT2D eigenvalue weighted by molar-refractivity contribution is 0.330. The van der Waals surface area contributed by atoms with Gasteiger partial charge in [-0.05, 0) is 69.4 Å². The molecule has 0 aliphatic carbocycles. The van der Waals surface area contributed by atoms with E-state index in [2.05, 4.69) is 20.5 Å². The van der Waals surface area contributed by atoms with Gasteiger partial charge >= 0.3 is 0 Å². The number of nitrogens with zero attached hydrogens (tertiary/aromatic N) is 2. The third kappa shape index (κ3) is 8.35. The van der Waals surface area contributed by atoms with Crippen molar-refractivity contribution in [1.29, 1.82) is 0 Å². The molecule has 0 radical (unpaired) electrons. The Balaban J connectivity index is 0.00000364. The molecule has 1 saturated heterocycles. The first-order valence-electron chi connectivity index (χ1n) is 9.36. The second kappa shape index (κ2) is 11.9. The molecule has 0 atom stereocenters. The molecule has 1 aromatic carbocycles. The van der Waals surface area contributed by atoms with E-state index in [0.717, 1.165) is 30.1 Å². The summed E-state index contributed by atoms with van der Waals surface area (Å²) in [4.78, 5) is 7.17. The number of sulfone groups is 1. The highest BCUT2D eigenvalue weighted by molar-refractivity contribution is 14.0. The lowest BCUT2D eigenvalue weighted by Gasteiger charge is -2.15. The topological polar surface area (TPSA) is 73.8 Å². The van der Waals surface area contributed by atoms with E-state index in [-0.39, 0.29) is 24.0 Å². The fourth-order valence-electron chi connectivity index (χ4n) is 3.32. The monoisotopic (exact) mass is 508 g/mol. The zero-order valence-corrected chi connectivity index (χ0v) is 19.8. The molecule has 8 heteroatoms. The molecule has 0 spiro atoms. The fourth-order valence-corrected chi connectivity index (χ4v) is 4.28. The average Bonchev–Trinajstić information content (AvgIpc) is 3.09. The molecular weight excluding hydrogens is 475 g/mol. The summed E-state index contributed by atoms with van der Waals surface area (Å²) < 4.78 is 23.4. The van der Waals surface area contributed by atoms with Crippen LogP contribution in [0.4, 0.5) is 0 Å². The second-order valence-corrected chi connectivity index (χ2v) is 8.96. The van der Waals surface area contributed by atoms with Crippen LogP contribution >= 0.6 is 24.0 Å². The van der Waals surface area contributed by atoms with E-state index in [1.54, 1.807) is 13.1 Å². The van der Waals surface area contributed by atoms with Crippen molar-refractivity contribution < 1.29 is 8.42 Å². The Bertz CT molecular complexity index is 716. The maximum atomic E-state index is 11.7. The third-order valence-corrected chi connectivity index (χ3v) is 5.97. The molecule has 2 N–H and O–H groups in total. The average molecular weight is 508 g/mol. The van der Waals surface area contributed by atoms with Crippen molar-refractivity contribution >= 4 is 39.8 Å². The first-order valence-corrected chi connectivity index (χ1v) is 11.3. The molecule has 1 aliphatic heterocycles. The molecule has 154 valence electrons. The van der Waals surface area contributed by atoms with Crippen LogP contribution in [-0.2, 0) is 16.4 Å². The van der Waals surface area contributed by atoms with E-state index in [1.807, 2.05) is 19.1 Å². The number of benzene rings is 1. The van der Waals surface area contributed by atoms with E-state index < -0.39 is 9.84 Å². The summed E-state index contributed by atoms with van der Waals surface area (Å²) in [6.45, 7) is 7.05. The van der Waals surface area contributed by atoms with Crippen LogP contribution in [0.2, 0.25) is 0 Å². The van der Waals surface area contributed by atoms with Crippen molar-refractivity contribution in [3.05, 3.63) is 29.3 Å². The summed E-state index contributed by atoms with van der Waals surface area (Å²) in [7, 11) is -1.41. The maximum absolute atomic E-state index is 11.7. The Kier molecular flexibility index (Phi) is 10.6. The highest BCUT2D eigenvalue weighted by Crippen LogP contribution is 2.16. The summed E-state index contributed by atoms with van der Waals surface area (Å²) in [5.41, 5.74) is 1.81. The van der Waals surface area contributed by atoms with Gasteiger partial charge in [0.25, 0.3) is 0 Å². The van der Waals surface area contributed by atoms with Gasteiger partial charge in [-0.25, -0.2) is 8.42 Å². The predicted molar refractivity (Wildman–Crippen MR) is 123 cm³/mol. The standard InChI is InChI=1S/C19H32N4O2S.HI/c1-16-14-17(8-9-18(16)26(3,24)25)15-22-19(20-2)21-10-4-5-11-23-12-6-7-13-23;/h8-9,14H,4-7,10-13,15H2,1-3H3,(H2,20,21,22);1H. The number of aryl methyl sites for hydroxylation is 1. The van der Waals surface area contributed by atoms with Gasteiger partial charge in [-0.15, -0.1) is 24.0 Å². The predicted octanol–water partition coefficient (Wildman–Crippen LogP) is 2.56. The summed E-state index contributed by atoms with van der Waals surface area (Å²) >= 11 is 0. The number of likely N-dealkylation sites (tertiary alicyclic amines) is 1. The van der Waals surface area contributed by atoms with Gasteiger partial charge in [0.05, 0.1) is 4.90 Å². The zero-order valence-electron chi connectivity index (χ0n) is 16.6. The first-order chi connectivity index (χ1) is 12.4. The summed E-state index contributed by atoms with van der Waals surface area (Å²) in [6, 6.07) is 5.43. The Morgan fingerprint density at radius 2 is 1.89 bits per heavy atom. The molecule has 1 aromatic rings. The number of unbranched alkanes of at least 4 members (excludes halogenated alkanes) is 1. The highest BCUT2D eigenvalue weighted by atomic mass is 127. The van der Waals surface area contributed by atoms with Crippen LogP contribution in [0.3, 0.4) is 0 Å². The first kappa shape index (κ1) is 24.2. The van der Waals surface area contributed by atoms with Crippen LogP contribution in [0.25, 0.3) is 0 Å². The van der Waals surface area contributed by atoms with Crippen molar-refractivity contribution in [2.45, 2.75) is 44.0 Å². The number of hydrogen-bond acceptors (Lipinski definition) is 4. The Morgan fingerprint density at radius 3 is 2.48 bits per heavy atom. The van der Waals surface area contributed by atoms with Gasteiger partial charge in [-0.2, -0.15) is 0 Å². The summed E-state index contributed by atoms with van der Waals surface area (Å²) in [5, 5.41) is 6.62. The van der Waals surface area contributed by atoms with E-state index >= 15 is 0 Å². The lowest BCUT2D eigenvalue weighted by atomic mass is 10.1. The van der Waals surface area contributed by atoms with Gasteiger partial charge < -0.3 is 15.5 Å². The fraction of sp³-hybridized carbons (Fsp3) is 0.632. The van der Waals surface area contributed by atoms with Crippen molar-refractivity contribution in [3.8, 4) is 0 Å². The minimum atomic E-state index is -3.17. The van der Waals surface area contributed by atoms with E-state index in [1.165, 1.54) is 45.2 Å². The van der Waals surface area contributed by atoms with E-state index in [4.69, 9.17) is 0 Å². The molecular formula is C19H33IN4O2S. The minimum Gasteiger partial charge on any atom is -0.356 e. The van der Waals surface area contributed by atoms with Crippen LogP contribution < -0.4 is 10.6 Å². The SMILES string of the molecule is CN=C(NCCCCN1CCCC1)NCc1ccc(S(C)(=O)=O)c(C)c1.I. The number of rotatable bonds is 8. The van der Waals surface area contributed by atoms with Crippen LogP contribution in [0.15, 0.2) is 28.1 Å². The van der Waals surface area contributed by atoms with Gasteiger partial charge in [0.1, 0.15) is 0 Å². The molecule has 1 aliphatic rings. The molecule has 0 amide bonds. The second-order valence-electron chi connectivity index (χ2n) is 6.98. The lowest BCUT2D eigenvalue weighted by Crippen LogP contribution is -2.37. The molecule has 0 unspecified atom stereocenters. The Morgan fingerprint density at radius 1 is 1.19 bits per heavy atom. The maximum Gasteiger partial charge on any atom is 0.191 e. The van der Waals surface area contributed by atoms with Gasteiger partial charge in [0.15, 0.2) is 15.8 Å². The molecule has 0 bridgehead atoms. The summed E-state index contributed by atoms with van der Waals surface area (Å²) in [5.74, 6) is 0.774. The molecule has 0 aromatic heterocycles. The quantitative estimate of drug-likeness (QED) is 0.245. The largest absolute Gasteiger partial charge is 0.356 e. The Hall–Kier alpha value is -0.870. The van der Waals surface area contributed by atoms with Crippen molar-refractivity contribution in [2.24, 2.45) is 4.99 Å².